The number of aliphatic hydroxyl groups excluding tert-OH is 1. The van der Waals surface area contributed by atoms with Crippen LogP contribution in [0.1, 0.15) is 11.1 Å². The first kappa shape index (κ1) is 13.6. The molecule has 0 saturated carbocycles. The van der Waals surface area contributed by atoms with Crippen molar-refractivity contribution in [2.75, 3.05) is 0 Å². The maximum Gasteiger partial charge on any atom is 0.137 e. The van der Waals surface area contributed by atoms with Crippen LogP contribution in [0.2, 0.25) is 0 Å². The summed E-state index contributed by atoms with van der Waals surface area (Å²) in [4.78, 5) is 1.10. The third-order valence-electron chi connectivity index (χ3n) is 2.47. The summed E-state index contributed by atoms with van der Waals surface area (Å²) in [7, 11) is 0. The molecule has 0 unspecified atom stereocenters. The number of hydrogen-bond donors (Lipinski definition) is 1. The summed E-state index contributed by atoms with van der Waals surface area (Å²) in [5.41, 5.74) is 1.96. The molecule has 0 aliphatic heterocycles. The Morgan fingerprint density at radius 2 is 1.94 bits per heavy atom. The lowest BCUT2D eigenvalue weighted by molar-refractivity contribution is 0.281. The fourth-order valence-electron chi connectivity index (χ4n) is 1.53. The zero-order chi connectivity index (χ0) is 13.0. The fourth-order valence-corrected chi connectivity index (χ4v) is 2.88. The Bertz CT molecular complexity index is 545. The highest BCUT2D eigenvalue weighted by atomic mass is 79.9. The molecule has 0 bridgehead atoms. The van der Waals surface area contributed by atoms with Crippen molar-refractivity contribution in [3.05, 3.63) is 63.9 Å². The quantitative estimate of drug-likeness (QED) is 0.842. The van der Waals surface area contributed by atoms with Crippen molar-refractivity contribution in [1.82, 2.24) is 0 Å². The summed E-state index contributed by atoms with van der Waals surface area (Å²) >= 11 is 4.84. The number of halogens is 2. The van der Waals surface area contributed by atoms with E-state index in [1.54, 1.807) is 23.9 Å². The number of thioether (sulfide) groups is 1. The molecule has 0 spiro atoms. The lowest BCUT2D eigenvalue weighted by Gasteiger charge is -2.05. The Morgan fingerprint density at radius 1 is 1.11 bits per heavy atom. The molecule has 4 heteroatoms. The lowest BCUT2D eigenvalue weighted by atomic mass is 10.2. The second kappa shape index (κ2) is 6.36. The summed E-state index contributed by atoms with van der Waals surface area (Å²) < 4.78 is 13.6. The highest BCUT2D eigenvalue weighted by Crippen LogP contribution is 2.25. The van der Waals surface area contributed by atoms with Crippen LogP contribution in [0.5, 0.6) is 0 Å². The van der Waals surface area contributed by atoms with Gasteiger partial charge in [-0.3, -0.25) is 0 Å². The van der Waals surface area contributed by atoms with E-state index in [1.165, 1.54) is 6.07 Å². The molecule has 2 aromatic carbocycles. The smallest absolute Gasteiger partial charge is 0.137 e. The van der Waals surface area contributed by atoms with Gasteiger partial charge in [-0.05, 0) is 51.3 Å². The summed E-state index contributed by atoms with van der Waals surface area (Å²) in [6.07, 6.45) is 0. The van der Waals surface area contributed by atoms with Crippen LogP contribution in [0.3, 0.4) is 0 Å². The minimum absolute atomic E-state index is 0.0521. The van der Waals surface area contributed by atoms with Crippen LogP contribution in [0, 0.1) is 5.82 Å². The standard InChI is InChI=1S/C14H12BrFOS/c15-13-7-11(4-5-14(13)16)9-18-12-3-1-2-10(6-12)8-17/h1-7,17H,8-9H2. The van der Waals surface area contributed by atoms with Gasteiger partial charge in [0, 0.05) is 10.6 Å². The first-order valence-electron chi connectivity index (χ1n) is 5.45. The zero-order valence-electron chi connectivity index (χ0n) is 9.57. The maximum absolute atomic E-state index is 13.1. The van der Waals surface area contributed by atoms with Gasteiger partial charge in [0.25, 0.3) is 0 Å². The minimum Gasteiger partial charge on any atom is -0.392 e. The molecule has 1 N–H and O–H groups in total. The van der Waals surface area contributed by atoms with Gasteiger partial charge < -0.3 is 5.11 Å². The molecular weight excluding hydrogens is 315 g/mol. The molecule has 0 saturated heterocycles. The molecule has 0 heterocycles. The molecule has 0 amide bonds. The van der Waals surface area contributed by atoms with Gasteiger partial charge in [-0.15, -0.1) is 11.8 Å². The third kappa shape index (κ3) is 3.57. The van der Waals surface area contributed by atoms with E-state index in [-0.39, 0.29) is 12.4 Å². The average Bonchev–Trinajstić information content (AvgIpc) is 2.40. The topological polar surface area (TPSA) is 20.2 Å². The van der Waals surface area contributed by atoms with Gasteiger partial charge in [0.2, 0.25) is 0 Å². The first-order valence-corrected chi connectivity index (χ1v) is 7.23. The van der Waals surface area contributed by atoms with Crippen molar-refractivity contribution in [2.45, 2.75) is 17.3 Å². The molecule has 1 nitrogen and oxygen atoms in total. The summed E-state index contributed by atoms with van der Waals surface area (Å²) in [5.74, 6) is 0.527. The van der Waals surface area contributed by atoms with E-state index in [0.717, 1.165) is 21.8 Å². The van der Waals surface area contributed by atoms with E-state index in [1.807, 2.05) is 24.3 Å². The molecule has 0 atom stereocenters. The Hall–Kier alpha value is -0.840. The second-order valence-corrected chi connectivity index (χ2v) is 5.75. The van der Waals surface area contributed by atoms with E-state index in [2.05, 4.69) is 15.9 Å². The van der Waals surface area contributed by atoms with Crippen LogP contribution in [0.4, 0.5) is 4.39 Å². The Morgan fingerprint density at radius 3 is 2.67 bits per heavy atom. The van der Waals surface area contributed by atoms with Crippen LogP contribution >= 0.6 is 27.7 Å². The van der Waals surface area contributed by atoms with Gasteiger partial charge in [-0.1, -0.05) is 18.2 Å². The van der Waals surface area contributed by atoms with Crippen LogP contribution in [-0.2, 0) is 12.4 Å². The van der Waals surface area contributed by atoms with E-state index < -0.39 is 0 Å². The normalized spacial score (nSPS) is 10.6. The average molecular weight is 327 g/mol. The number of aliphatic hydroxyl groups is 1. The monoisotopic (exact) mass is 326 g/mol. The van der Waals surface area contributed by atoms with Crippen molar-refractivity contribution in [1.29, 1.82) is 0 Å². The second-order valence-electron chi connectivity index (χ2n) is 3.84. The highest BCUT2D eigenvalue weighted by Gasteiger charge is 2.02. The molecule has 94 valence electrons. The van der Waals surface area contributed by atoms with Crippen LogP contribution < -0.4 is 0 Å². The molecule has 18 heavy (non-hydrogen) atoms. The van der Waals surface area contributed by atoms with Crippen LogP contribution in [0.15, 0.2) is 51.8 Å². The van der Waals surface area contributed by atoms with Gasteiger partial charge in [-0.25, -0.2) is 4.39 Å². The largest absolute Gasteiger partial charge is 0.392 e. The first-order chi connectivity index (χ1) is 8.69. The van der Waals surface area contributed by atoms with E-state index >= 15 is 0 Å². The Labute approximate surface area is 118 Å². The van der Waals surface area contributed by atoms with E-state index in [4.69, 9.17) is 5.11 Å². The van der Waals surface area contributed by atoms with Crippen molar-refractivity contribution in [2.24, 2.45) is 0 Å². The number of benzene rings is 2. The fraction of sp³-hybridized carbons (Fsp3) is 0.143. The maximum atomic E-state index is 13.1. The Balaban J connectivity index is 2.04. The summed E-state index contributed by atoms with van der Waals surface area (Å²) in [6, 6.07) is 12.8. The van der Waals surface area contributed by atoms with E-state index in [9.17, 15) is 4.39 Å². The third-order valence-corrected chi connectivity index (χ3v) is 4.14. The van der Waals surface area contributed by atoms with Crippen molar-refractivity contribution < 1.29 is 9.50 Å². The van der Waals surface area contributed by atoms with Crippen LogP contribution in [0.25, 0.3) is 0 Å². The molecule has 2 rings (SSSR count). The van der Waals surface area contributed by atoms with E-state index in [0.29, 0.717) is 4.47 Å². The van der Waals surface area contributed by atoms with Gasteiger partial charge in [0.05, 0.1) is 11.1 Å². The van der Waals surface area contributed by atoms with Crippen molar-refractivity contribution in [3.63, 3.8) is 0 Å². The van der Waals surface area contributed by atoms with Gasteiger partial charge >= 0.3 is 0 Å². The van der Waals surface area contributed by atoms with Crippen molar-refractivity contribution >= 4 is 27.7 Å². The SMILES string of the molecule is OCc1cccc(SCc2ccc(F)c(Br)c2)c1. The van der Waals surface area contributed by atoms with Crippen LogP contribution in [-0.4, -0.2) is 5.11 Å². The molecule has 0 aromatic heterocycles. The predicted octanol–water partition coefficient (Wildman–Crippen LogP) is 4.37. The summed E-state index contributed by atoms with van der Waals surface area (Å²) in [6.45, 7) is 0.0521. The predicted molar refractivity (Wildman–Crippen MR) is 76.0 cm³/mol. The minimum atomic E-state index is -0.244. The zero-order valence-corrected chi connectivity index (χ0v) is 12.0. The number of rotatable bonds is 4. The molecule has 0 aliphatic rings. The molecule has 0 aliphatic carbocycles. The van der Waals surface area contributed by atoms with Gasteiger partial charge in [0.1, 0.15) is 5.82 Å². The van der Waals surface area contributed by atoms with Crippen molar-refractivity contribution in [3.8, 4) is 0 Å². The summed E-state index contributed by atoms with van der Waals surface area (Å²) in [5, 5.41) is 9.06. The Kier molecular flexibility index (Phi) is 4.80. The molecule has 2 aromatic rings. The molecular formula is C14H12BrFOS. The molecule has 0 radical (unpaired) electrons. The number of hydrogen-bond acceptors (Lipinski definition) is 2. The highest BCUT2D eigenvalue weighted by molar-refractivity contribution is 9.10. The lowest BCUT2D eigenvalue weighted by Crippen LogP contribution is -1.85. The van der Waals surface area contributed by atoms with Gasteiger partial charge in [-0.2, -0.15) is 0 Å². The molecule has 0 fully saturated rings. The van der Waals surface area contributed by atoms with Gasteiger partial charge in [0.15, 0.2) is 0 Å².